The van der Waals surface area contributed by atoms with Crippen molar-refractivity contribution >= 4 is 96.7 Å². The number of fused-ring (bicyclic) bond motifs is 2. The normalized spacial score (nSPS) is 17.1. The van der Waals surface area contributed by atoms with E-state index < -0.39 is 22.0 Å². The van der Waals surface area contributed by atoms with Gasteiger partial charge in [-0.25, -0.2) is 13.4 Å². The first kappa shape index (κ1) is 57.3. The number of hydrogen-bond donors (Lipinski definition) is 5. The molecule has 24 heteroatoms. The number of carbonyl (C=O) groups is 5. The molecule has 4 aliphatic rings. The Balaban J connectivity index is 0.648. The van der Waals surface area contributed by atoms with Gasteiger partial charge < -0.3 is 40.1 Å². The first-order chi connectivity index (χ1) is 38.7. The van der Waals surface area contributed by atoms with Gasteiger partial charge in [-0.15, -0.1) is 0 Å². The van der Waals surface area contributed by atoms with Crippen LogP contribution in [-0.4, -0.2) is 150 Å². The fourth-order valence-corrected chi connectivity index (χ4v) is 11.7. The van der Waals surface area contributed by atoms with Gasteiger partial charge in [0, 0.05) is 100.0 Å². The Kier molecular flexibility index (Phi) is 18.8. The molecule has 0 spiro atoms. The number of carbonyl (C=O) groups excluding carboxylic acids is 5. The summed E-state index contributed by atoms with van der Waals surface area (Å²) < 4.78 is 39.0. The number of aromatic nitrogens is 4. The molecule has 5 amide bonds. The Hall–Kier alpha value is -7.37. The van der Waals surface area contributed by atoms with E-state index in [0.717, 1.165) is 121 Å². The minimum Gasteiger partial charge on any atom is -0.494 e. The second kappa shape index (κ2) is 26.3. The molecule has 80 heavy (non-hydrogen) atoms. The van der Waals surface area contributed by atoms with Gasteiger partial charge in [-0.3, -0.25) is 48.9 Å². The van der Waals surface area contributed by atoms with Gasteiger partial charge in [-0.2, -0.15) is 4.98 Å². The lowest BCUT2D eigenvalue weighted by atomic mass is 9.99. The smallest absolute Gasteiger partial charge is 0.257 e. The maximum absolute atomic E-state index is 13.2. The number of unbranched alkanes of at least 4 members (excludes halogenated alkanes) is 6. The number of aryl methyl sites for hydroxylation is 1. The van der Waals surface area contributed by atoms with Gasteiger partial charge >= 0.3 is 0 Å². The number of hydrogen-bond acceptors (Lipinski definition) is 17. The number of benzene rings is 3. The highest BCUT2D eigenvalue weighted by Gasteiger charge is 2.40. The summed E-state index contributed by atoms with van der Waals surface area (Å²) in [4.78, 5) is 89.2. The molecule has 0 bridgehead atoms. The lowest BCUT2D eigenvalue weighted by Crippen LogP contribution is -2.54. The number of sulfonamides is 1. The molecule has 9 rings (SSSR count). The first-order valence-electron chi connectivity index (χ1n) is 27.6. The minimum absolute atomic E-state index is 0.174. The number of piperidine rings is 2. The van der Waals surface area contributed by atoms with Crippen molar-refractivity contribution in [3.63, 3.8) is 0 Å². The zero-order chi connectivity index (χ0) is 56.3. The molecule has 3 fully saturated rings. The number of imide groups is 1. The van der Waals surface area contributed by atoms with E-state index in [0.29, 0.717) is 64.0 Å². The molecule has 5 N–H and O–H groups in total. The van der Waals surface area contributed by atoms with Gasteiger partial charge in [0.15, 0.2) is 12.4 Å². The molecule has 1 unspecified atom stereocenters. The molecule has 22 nitrogen and oxygen atoms in total. The molecule has 1 atom stereocenters. The van der Waals surface area contributed by atoms with E-state index in [1.165, 1.54) is 23.5 Å². The molecule has 3 aromatic carbocycles. The van der Waals surface area contributed by atoms with Gasteiger partial charge in [-0.05, 0) is 74.4 Å². The van der Waals surface area contributed by atoms with Gasteiger partial charge in [0.05, 0.1) is 48.7 Å². The van der Waals surface area contributed by atoms with Crippen molar-refractivity contribution in [2.45, 2.75) is 109 Å². The van der Waals surface area contributed by atoms with Crippen molar-refractivity contribution in [2.75, 3.05) is 86.0 Å². The highest BCUT2D eigenvalue weighted by Crippen LogP contribution is 2.39. The SMILES string of the molecule is CCc1cc(Nc2ncc(Cl)c(Nc3ccc4nccnc4c3NS(C)(=O)=O)n2)c(OC)cc1N1CCC(N2CCN(C(=O)CCCCCCCCCNC(=O)COc3cccc4c3CN(C3CCC(=O)NC3=O)C4=O)CC2)CC1. The van der Waals surface area contributed by atoms with Crippen LogP contribution in [0.5, 0.6) is 11.5 Å². The van der Waals surface area contributed by atoms with Crippen LogP contribution < -0.4 is 40.4 Å². The monoisotopic (exact) mass is 1140 g/mol. The standard InChI is InChI=1S/C56H70ClN13O9S/c1-4-36-31-43(63-56-61-33-40(57)53(65-56)62-42-17-16-41-51(60-24-23-58-41)52(42)66-80(3,76)77)47(78-2)32-45(36)68-25-20-37(21-26-68)67-27-29-69(30-28-67)50(73)15-10-8-6-5-7-9-11-22-59-49(72)35-79-46-14-12-13-38-39(46)34-70(55(38)75)44-18-19-48(71)64-54(44)74/h12-14,16-17,23-24,31-33,37,44,66H,4-11,15,18-22,25-30,34-35H2,1-3H3,(H,59,72)(H,64,71,74)(H2,61,62,63,65). The van der Waals surface area contributed by atoms with Crippen LogP contribution in [0.2, 0.25) is 5.02 Å². The Morgan fingerprint density at radius 1 is 0.850 bits per heavy atom. The van der Waals surface area contributed by atoms with Crippen LogP contribution in [0.1, 0.15) is 105 Å². The van der Waals surface area contributed by atoms with E-state index in [1.54, 1.807) is 37.4 Å². The number of nitrogens with zero attached hydrogens (tertiary/aromatic N) is 8. The Bertz CT molecular complexity index is 3210. The van der Waals surface area contributed by atoms with Crippen molar-refractivity contribution in [3.05, 3.63) is 82.8 Å². The van der Waals surface area contributed by atoms with Crippen LogP contribution in [0, 0.1) is 0 Å². The third-order valence-electron chi connectivity index (χ3n) is 15.2. The Morgan fingerprint density at radius 2 is 1.60 bits per heavy atom. The molecular weight excluding hydrogens is 1070 g/mol. The maximum Gasteiger partial charge on any atom is 0.257 e. The number of anilines is 6. The van der Waals surface area contributed by atoms with Crippen molar-refractivity contribution in [1.82, 2.24) is 45.3 Å². The average Bonchev–Trinajstić information content (AvgIpc) is 3.81. The topological polar surface area (TPSA) is 263 Å². The number of amides is 5. The van der Waals surface area contributed by atoms with Crippen LogP contribution in [0.4, 0.5) is 34.5 Å². The summed E-state index contributed by atoms with van der Waals surface area (Å²) in [7, 11) is -2.05. The first-order valence-corrected chi connectivity index (χ1v) is 29.8. The van der Waals surface area contributed by atoms with E-state index in [9.17, 15) is 32.4 Å². The number of halogens is 1. The quantitative estimate of drug-likeness (QED) is 0.0318. The van der Waals surface area contributed by atoms with Gasteiger partial charge in [-0.1, -0.05) is 56.7 Å². The molecule has 5 aromatic rings. The fourth-order valence-electron chi connectivity index (χ4n) is 11.0. The Labute approximate surface area is 471 Å². The summed E-state index contributed by atoms with van der Waals surface area (Å²) >= 11 is 6.58. The fraction of sp³-hybridized carbons (Fsp3) is 0.482. The summed E-state index contributed by atoms with van der Waals surface area (Å²) in [6.45, 7) is 7.70. The molecule has 4 aliphatic heterocycles. The van der Waals surface area contributed by atoms with E-state index in [2.05, 4.69) is 74.8 Å². The zero-order valence-electron chi connectivity index (χ0n) is 45.5. The maximum atomic E-state index is 13.2. The summed E-state index contributed by atoms with van der Waals surface area (Å²) in [5, 5.41) is 11.9. The molecule has 2 aromatic heterocycles. The van der Waals surface area contributed by atoms with Gasteiger partial charge in [0.2, 0.25) is 33.7 Å². The van der Waals surface area contributed by atoms with Gasteiger partial charge in [0.1, 0.15) is 28.1 Å². The summed E-state index contributed by atoms with van der Waals surface area (Å²) in [6, 6.07) is 12.3. The molecular formula is C56H70ClN13O9S. The second-order valence-corrected chi connectivity index (χ2v) is 22.8. The number of methoxy groups -OCH3 is 1. The Morgan fingerprint density at radius 3 is 2.34 bits per heavy atom. The highest BCUT2D eigenvalue weighted by molar-refractivity contribution is 7.92. The second-order valence-electron chi connectivity index (χ2n) is 20.6. The van der Waals surface area contributed by atoms with E-state index >= 15 is 0 Å². The zero-order valence-corrected chi connectivity index (χ0v) is 47.1. The molecule has 426 valence electrons. The lowest BCUT2D eigenvalue weighted by molar-refractivity contribution is -0.137. The summed E-state index contributed by atoms with van der Waals surface area (Å²) in [5.74, 6) is 0.431. The van der Waals surface area contributed by atoms with E-state index in [4.69, 9.17) is 21.1 Å². The molecule has 0 saturated carbocycles. The molecule has 6 heterocycles. The molecule has 0 radical (unpaired) electrons. The van der Waals surface area contributed by atoms with Gasteiger partial charge in [0.25, 0.3) is 11.8 Å². The third-order valence-corrected chi connectivity index (χ3v) is 16.1. The number of nitrogens with one attached hydrogen (secondary N) is 5. The van der Waals surface area contributed by atoms with Crippen molar-refractivity contribution in [3.8, 4) is 11.5 Å². The predicted octanol–water partition coefficient (Wildman–Crippen LogP) is 6.69. The van der Waals surface area contributed by atoms with Crippen LogP contribution in [0.25, 0.3) is 11.0 Å². The largest absolute Gasteiger partial charge is 0.494 e. The van der Waals surface area contributed by atoms with Crippen LogP contribution in [-0.2, 0) is 42.2 Å². The number of piperazine rings is 1. The lowest BCUT2D eigenvalue weighted by Gasteiger charge is -2.43. The predicted molar refractivity (Wildman–Crippen MR) is 305 cm³/mol. The highest BCUT2D eigenvalue weighted by atomic mass is 35.5. The van der Waals surface area contributed by atoms with Crippen LogP contribution in [0.15, 0.2) is 61.1 Å². The average molecular weight is 1140 g/mol. The van der Waals surface area contributed by atoms with Crippen molar-refractivity contribution < 1.29 is 41.9 Å². The minimum atomic E-state index is -3.68. The molecule has 0 aliphatic carbocycles. The summed E-state index contributed by atoms with van der Waals surface area (Å²) in [5.41, 5.74) is 5.46. The summed E-state index contributed by atoms with van der Waals surface area (Å²) in [6.07, 6.45) is 16.3. The van der Waals surface area contributed by atoms with Crippen LogP contribution in [0.3, 0.4) is 0 Å². The van der Waals surface area contributed by atoms with E-state index in [1.807, 2.05) is 4.90 Å². The van der Waals surface area contributed by atoms with Crippen molar-refractivity contribution in [1.29, 1.82) is 0 Å². The number of rotatable bonds is 24. The third kappa shape index (κ3) is 14.1. The molecule has 3 saturated heterocycles. The van der Waals surface area contributed by atoms with Crippen LogP contribution >= 0.6 is 11.6 Å². The van der Waals surface area contributed by atoms with E-state index in [-0.39, 0.29) is 72.1 Å². The van der Waals surface area contributed by atoms with Crippen molar-refractivity contribution in [2.24, 2.45) is 0 Å². The number of ether oxygens (including phenoxy) is 2.